The Labute approximate surface area is 175 Å². The first-order valence-corrected chi connectivity index (χ1v) is 10.6. The van der Waals surface area contributed by atoms with Gasteiger partial charge in [-0.2, -0.15) is 5.26 Å². The van der Waals surface area contributed by atoms with E-state index in [9.17, 15) is 9.59 Å². The smallest absolute Gasteiger partial charge is 0.255 e. The Morgan fingerprint density at radius 3 is 2.60 bits per heavy atom. The summed E-state index contributed by atoms with van der Waals surface area (Å²) in [5.41, 5.74) is 1.30. The lowest BCUT2D eigenvalue weighted by Gasteiger charge is -2.36. The van der Waals surface area contributed by atoms with E-state index in [0.29, 0.717) is 18.4 Å². The monoisotopic (exact) mass is 400 g/mol. The molecule has 2 aliphatic heterocycles. The number of fused-ring (bicyclic) bond motifs is 2. The van der Waals surface area contributed by atoms with Gasteiger partial charge in [0.05, 0.1) is 11.0 Å². The van der Waals surface area contributed by atoms with Crippen molar-refractivity contribution >= 4 is 11.8 Å². The van der Waals surface area contributed by atoms with Crippen LogP contribution in [0.4, 0.5) is 0 Å². The van der Waals surface area contributed by atoms with Gasteiger partial charge in [0.25, 0.3) is 5.91 Å². The zero-order valence-corrected chi connectivity index (χ0v) is 16.8. The summed E-state index contributed by atoms with van der Waals surface area (Å²) in [5.74, 6) is 0.00505. The Bertz CT molecular complexity index is 1010. The number of benzene rings is 1. The van der Waals surface area contributed by atoms with E-state index in [0.717, 1.165) is 31.2 Å². The molecular weight excluding hydrogens is 376 g/mol. The van der Waals surface area contributed by atoms with Crippen LogP contribution in [0.1, 0.15) is 53.7 Å². The van der Waals surface area contributed by atoms with Crippen LogP contribution in [0.3, 0.4) is 0 Å². The van der Waals surface area contributed by atoms with Crippen molar-refractivity contribution in [1.29, 1.82) is 5.26 Å². The van der Waals surface area contributed by atoms with Crippen LogP contribution in [0.25, 0.3) is 0 Å². The second-order valence-corrected chi connectivity index (χ2v) is 8.77. The summed E-state index contributed by atoms with van der Waals surface area (Å²) >= 11 is 0. The maximum Gasteiger partial charge on any atom is 0.255 e. The molecule has 30 heavy (non-hydrogen) atoms. The third-order valence-electron chi connectivity index (χ3n) is 6.83. The van der Waals surface area contributed by atoms with Crippen LogP contribution in [0.15, 0.2) is 48.7 Å². The van der Waals surface area contributed by atoms with Crippen LogP contribution in [-0.4, -0.2) is 39.8 Å². The van der Waals surface area contributed by atoms with E-state index < -0.39 is 5.41 Å². The summed E-state index contributed by atoms with van der Waals surface area (Å²) in [4.78, 5) is 32.9. The molecule has 1 aromatic carbocycles. The number of aromatic nitrogens is 1. The number of hydrogen-bond donors (Lipinski definition) is 1. The lowest BCUT2D eigenvalue weighted by Crippen LogP contribution is -2.51. The molecule has 0 radical (unpaired) electrons. The zero-order valence-electron chi connectivity index (χ0n) is 16.8. The fraction of sp³-hybridized carbons (Fsp3) is 0.417. The van der Waals surface area contributed by atoms with Crippen LogP contribution in [0.2, 0.25) is 0 Å². The predicted octanol–water partition coefficient (Wildman–Crippen LogP) is 2.84. The van der Waals surface area contributed by atoms with Gasteiger partial charge in [0.2, 0.25) is 5.91 Å². The lowest BCUT2D eigenvalue weighted by atomic mass is 9.69. The predicted molar refractivity (Wildman–Crippen MR) is 110 cm³/mol. The van der Waals surface area contributed by atoms with Gasteiger partial charge >= 0.3 is 0 Å². The minimum Gasteiger partial charge on any atom is -0.353 e. The summed E-state index contributed by atoms with van der Waals surface area (Å²) in [7, 11) is 0. The first-order chi connectivity index (χ1) is 14.6. The van der Waals surface area contributed by atoms with Crippen LogP contribution in [-0.2, 0) is 11.2 Å². The summed E-state index contributed by atoms with van der Waals surface area (Å²) in [6, 6.07) is 15.6. The van der Waals surface area contributed by atoms with Gasteiger partial charge in [-0.15, -0.1) is 0 Å². The highest BCUT2D eigenvalue weighted by atomic mass is 16.2. The number of carbonyl (C=O) groups excluding carboxylic acids is 2. The number of nitrogens with zero attached hydrogens (tertiary/aromatic N) is 3. The van der Waals surface area contributed by atoms with E-state index in [1.54, 1.807) is 12.1 Å². The molecule has 1 aliphatic carbocycles. The molecule has 6 heteroatoms. The third-order valence-corrected chi connectivity index (χ3v) is 6.83. The highest BCUT2D eigenvalue weighted by molar-refractivity contribution is 5.96. The van der Waals surface area contributed by atoms with Crippen molar-refractivity contribution in [3.05, 3.63) is 65.5 Å². The zero-order chi connectivity index (χ0) is 20.7. The molecule has 2 amide bonds. The van der Waals surface area contributed by atoms with Gasteiger partial charge in [-0.3, -0.25) is 9.59 Å². The summed E-state index contributed by atoms with van der Waals surface area (Å²) in [6.45, 7) is 0. The SMILES string of the molecule is N#Cc1ccc(C(=O)N2[C@@H]3CC[C@H]2[C@@](Cc2ccccc2)(C(=O)NC2CC2)C3)cn1. The van der Waals surface area contributed by atoms with Crippen LogP contribution in [0.5, 0.6) is 0 Å². The van der Waals surface area contributed by atoms with Crippen molar-refractivity contribution < 1.29 is 9.59 Å². The van der Waals surface area contributed by atoms with Gasteiger partial charge in [0.15, 0.2) is 0 Å². The second-order valence-electron chi connectivity index (χ2n) is 8.77. The van der Waals surface area contributed by atoms with E-state index in [-0.39, 0.29) is 35.6 Å². The van der Waals surface area contributed by atoms with Gasteiger partial charge in [0.1, 0.15) is 11.8 Å². The van der Waals surface area contributed by atoms with Crippen LogP contribution >= 0.6 is 0 Å². The molecule has 2 saturated heterocycles. The first kappa shape index (κ1) is 18.8. The Hall–Kier alpha value is -3.20. The Kier molecular flexibility index (Phi) is 4.54. The highest BCUT2D eigenvalue weighted by Gasteiger charge is 2.61. The van der Waals surface area contributed by atoms with Gasteiger partial charge in [-0.05, 0) is 56.2 Å². The molecule has 2 aromatic rings. The topological polar surface area (TPSA) is 86.1 Å². The lowest BCUT2D eigenvalue weighted by molar-refractivity contribution is -0.132. The standard InChI is InChI=1S/C24H24N4O2/c25-14-19-7-6-17(15-26-19)22(29)28-20-10-11-21(28)24(13-20,23(30)27-18-8-9-18)12-16-4-2-1-3-5-16/h1-7,15,18,20-21H,8-13H2,(H,27,30)/t20-,21+,24+/m1/s1. The Morgan fingerprint density at radius 1 is 1.13 bits per heavy atom. The minimum absolute atomic E-state index is 0.0619. The van der Waals surface area contributed by atoms with E-state index in [1.165, 1.54) is 6.20 Å². The molecule has 3 heterocycles. The number of nitrogens with one attached hydrogen (secondary N) is 1. The molecule has 152 valence electrons. The van der Waals surface area contributed by atoms with Gasteiger partial charge in [0, 0.05) is 24.3 Å². The second kappa shape index (κ2) is 7.24. The fourth-order valence-electron chi connectivity index (χ4n) is 5.26. The fourth-order valence-corrected chi connectivity index (χ4v) is 5.26. The quantitative estimate of drug-likeness (QED) is 0.836. The van der Waals surface area contributed by atoms with E-state index in [1.807, 2.05) is 29.2 Å². The highest BCUT2D eigenvalue weighted by Crippen LogP contribution is 2.52. The van der Waals surface area contributed by atoms with E-state index in [4.69, 9.17) is 5.26 Å². The molecule has 5 rings (SSSR count). The molecule has 1 aromatic heterocycles. The average molecular weight is 400 g/mol. The number of nitriles is 1. The van der Waals surface area contributed by atoms with Crippen molar-refractivity contribution in [3.63, 3.8) is 0 Å². The maximum atomic E-state index is 13.5. The van der Waals surface area contributed by atoms with Crippen molar-refractivity contribution in [1.82, 2.24) is 15.2 Å². The van der Waals surface area contributed by atoms with Crippen molar-refractivity contribution in [3.8, 4) is 6.07 Å². The molecule has 6 nitrogen and oxygen atoms in total. The van der Waals surface area contributed by atoms with Crippen LogP contribution in [0, 0.1) is 16.7 Å². The average Bonchev–Trinajstić information content (AvgIpc) is 3.42. The molecule has 1 N–H and O–H groups in total. The van der Waals surface area contributed by atoms with Crippen molar-refractivity contribution in [2.24, 2.45) is 5.41 Å². The molecule has 0 spiro atoms. The number of pyridine rings is 1. The Balaban J connectivity index is 1.47. The van der Waals surface area contributed by atoms with E-state index in [2.05, 4.69) is 22.4 Å². The molecule has 3 aliphatic rings. The van der Waals surface area contributed by atoms with Crippen LogP contribution < -0.4 is 5.32 Å². The normalized spacial score (nSPS) is 27.0. The third kappa shape index (κ3) is 3.15. The summed E-state index contributed by atoms with van der Waals surface area (Å²) < 4.78 is 0. The van der Waals surface area contributed by atoms with Crippen molar-refractivity contribution in [2.75, 3.05) is 0 Å². The molecule has 3 fully saturated rings. The molecule has 3 atom stereocenters. The number of carbonyl (C=O) groups is 2. The minimum atomic E-state index is -0.595. The molecule has 1 saturated carbocycles. The summed E-state index contributed by atoms with van der Waals surface area (Å²) in [5, 5.41) is 12.2. The summed E-state index contributed by atoms with van der Waals surface area (Å²) in [6.07, 6.45) is 6.66. The maximum absolute atomic E-state index is 13.5. The van der Waals surface area contributed by atoms with Gasteiger partial charge < -0.3 is 10.2 Å². The largest absolute Gasteiger partial charge is 0.353 e. The number of amides is 2. The molecule has 0 unspecified atom stereocenters. The molecule has 2 bridgehead atoms. The van der Waals surface area contributed by atoms with Crippen molar-refractivity contribution in [2.45, 2.75) is 56.7 Å². The van der Waals surface area contributed by atoms with Gasteiger partial charge in [-0.25, -0.2) is 4.98 Å². The number of hydrogen-bond acceptors (Lipinski definition) is 4. The first-order valence-electron chi connectivity index (χ1n) is 10.6. The number of rotatable bonds is 5. The molecular formula is C24H24N4O2. The van der Waals surface area contributed by atoms with Gasteiger partial charge in [-0.1, -0.05) is 30.3 Å². The van der Waals surface area contributed by atoms with E-state index >= 15 is 0 Å². The Morgan fingerprint density at radius 2 is 1.93 bits per heavy atom.